The van der Waals surface area contributed by atoms with Crippen LogP contribution in [0.5, 0.6) is 0 Å². The highest BCUT2D eigenvalue weighted by Crippen LogP contribution is 2.51. The number of amides is 1. The summed E-state index contributed by atoms with van der Waals surface area (Å²) in [6.07, 6.45) is -5.09. The number of rotatable bonds is 1. The Morgan fingerprint density at radius 3 is 2.14 bits per heavy atom. The average molecular weight is 293 g/mol. The maximum Gasteiger partial charge on any atom is 0.430 e. The Morgan fingerprint density at radius 2 is 1.52 bits per heavy atom. The molecule has 1 heterocycles. The monoisotopic (exact) mass is 293 g/mol. The van der Waals surface area contributed by atoms with Crippen molar-refractivity contribution in [3.8, 4) is 0 Å². The third-order valence-electron chi connectivity index (χ3n) is 3.47. The Hall–Kier alpha value is -2.34. The number of benzene rings is 2. The molecule has 108 valence electrons. The lowest BCUT2D eigenvalue weighted by Gasteiger charge is -2.25. The van der Waals surface area contributed by atoms with Crippen molar-refractivity contribution in [1.82, 2.24) is 0 Å². The lowest BCUT2D eigenvalue weighted by molar-refractivity contribution is -0.253. The van der Waals surface area contributed by atoms with E-state index in [4.69, 9.17) is 0 Å². The van der Waals surface area contributed by atoms with Crippen molar-refractivity contribution >= 4 is 17.3 Å². The lowest BCUT2D eigenvalue weighted by atomic mass is 9.95. The number of halogens is 3. The van der Waals surface area contributed by atoms with Gasteiger partial charge < -0.3 is 5.11 Å². The van der Waals surface area contributed by atoms with Gasteiger partial charge in [-0.25, -0.2) is 0 Å². The Kier molecular flexibility index (Phi) is 2.81. The maximum atomic E-state index is 13.3. The summed E-state index contributed by atoms with van der Waals surface area (Å²) in [5.74, 6) is -1.41. The molecule has 1 atom stereocenters. The molecule has 2 aromatic carbocycles. The molecule has 0 saturated heterocycles. The lowest BCUT2D eigenvalue weighted by Crippen LogP contribution is -2.49. The van der Waals surface area contributed by atoms with Gasteiger partial charge in [0.1, 0.15) is 0 Å². The van der Waals surface area contributed by atoms with Crippen LogP contribution in [-0.4, -0.2) is 17.2 Å². The van der Waals surface area contributed by atoms with Gasteiger partial charge in [-0.2, -0.15) is 13.2 Å². The Balaban J connectivity index is 2.25. The van der Waals surface area contributed by atoms with Gasteiger partial charge in [0.15, 0.2) is 0 Å². The summed E-state index contributed by atoms with van der Waals surface area (Å²) in [5, 5.41) is 10.1. The first-order chi connectivity index (χ1) is 9.87. The minimum atomic E-state index is -5.09. The highest BCUT2D eigenvalue weighted by atomic mass is 19.4. The fraction of sp³-hybridized carbons (Fsp3) is 0.133. The number of carbonyl (C=O) groups excluding carboxylic acids is 1. The number of fused-ring (bicyclic) bond motifs is 1. The predicted molar refractivity (Wildman–Crippen MR) is 70.0 cm³/mol. The van der Waals surface area contributed by atoms with Crippen LogP contribution in [-0.2, 0) is 10.4 Å². The van der Waals surface area contributed by atoms with E-state index in [2.05, 4.69) is 0 Å². The third-order valence-corrected chi connectivity index (χ3v) is 3.47. The number of hydrogen-bond acceptors (Lipinski definition) is 2. The molecule has 21 heavy (non-hydrogen) atoms. The number of para-hydroxylation sites is 2. The smallest absolute Gasteiger partial charge is 0.368 e. The highest BCUT2D eigenvalue weighted by Gasteiger charge is 2.66. The van der Waals surface area contributed by atoms with Crippen molar-refractivity contribution in [2.75, 3.05) is 4.90 Å². The summed E-state index contributed by atoms with van der Waals surface area (Å²) in [5.41, 5.74) is -3.66. The van der Waals surface area contributed by atoms with Crippen molar-refractivity contribution in [3.05, 3.63) is 60.2 Å². The van der Waals surface area contributed by atoms with E-state index >= 15 is 0 Å². The zero-order valence-electron chi connectivity index (χ0n) is 10.6. The van der Waals surface area contributed by atoms with Crippen molar-refractivity contribution < 1.29 is 23.1 Å². The number of alkyl halides is 3. The molecule has 1 N–H and O–H groups in total. The quantitative estimate of drug-likeness (QED) is 0.877. The Bertz CT molecular complexity index is 700. The van der Waals surface area contributed by atoms with Crippen LogP contribution in [0, 0.1) is 0 Å². The molecule has 1 aliphatic heterocycles. The standard InChI is InChI=1S/C15H10F3NO2/c16-15(17,18)14(21)11-8-4-5-9-12(11)19(13(14)20)10-6-2-1-3-7-10/h1-9,21H/t14-/m0/s1. The van der Waals surface area contributed by atoms with Crippen LogP contribution >= 0.6 is 0 Å². The second kappa shape index (κ2) is 4.33. The van der Waals surface area contributed by atoms with Crippen LogP contribution in [0.25, 0.3) is 0 Å². The van der Waals surface area contributed by atoms with Gasteiger partial charge in [-0.1, -0.05) is 36.4 Å². The normalized spacial score (nSPS) is 21.5. The van der Waals surface area contributed by atoms with Crippen molar-refractivity contribution in [2.24, 2.45) is 0 Å². The maximum absolute atomic E-state index is 13.3. The fourth-order valence-corrected chi connectivity index (χ4v) is 2.47. The molecule has 0 saturated carbocycles. The van der Waals surface area contributed by atoms with E-state index in [-0.39, 0.29) is 11.4 Å². The minimum Gasteiger partial charge on any atom is -0.368 e. The number of aliphatic hydroxyl groups is 1. The van der Waals surface area contributed by atoms with Crippen LogP contribution < -0.4 is 4.90 Å². The second-order valence-corrected chi connectivity index (χ2v) is 4.70. The molecule has 0 fully saturated rings. The van der Waals surface area contributed by atoms with Crippen molar-refractivity contribution in [2.45, 2.75) is 11.8 Å². The topological polar surface area (TPSA) is 40.5 Å². The van der Waals surface area contributed by atoms with Crippen molar-refractivity contribution in [3.63, 3.8) is 0 Å². The summed E-state index contributed by atoms with van der Waals surface area (Å²) in [7, 11) is 0. The molecule has 1 aliphatic rings. The van der Waals surface area contributed by atoms with Gasteiger partial charge in [-0.15, -0.1) is 0 Å². The van der Waals surface area contributed by atoms with Crippen LogP contribution in [0.4, 0.5) is 24.5 Å². The molecule has 1 amide bonds. The number of nitrogens with zero attached hydrogens (tertiary/aromatic N) is 1. The summed E-state index contributed by atoms with van der Waals surface area (Å²) in [6, 6.07) is 13.3. The first kappa shape index (κ1) is 13.6. The van der Waals surface area contributed by atoms with Gasteiger partial charge in [0, 0.05) is 11.3 Å². The van der Waals surface area contributed by atoms with E-state index in [1.54, 1.807) is 18.2 Å². The summed E-state index contributed by atoms with van der Waals surface area (Å²) < 4.78 is 39.8. The molecule has 0 bridgehead atoms. The summed E-state index contributed by atoms with van der Waals surface area (Å²) >= 11 is 0. The zero-order chi connectivity index (χ0) is 15.3. The number of carbonyl (C=O) groups is 1. The molecule has 0 aliphatic carbocycles. The summed E-state index contributed by atoms with van der Waals surface area (Å²) in [4.78, 5) is 13.2. The molecule has 0 radical (unpaired) electrons. The van der Waals surface area contributed by atoms with Crippen LogP contribution in [0.2, 0.25) is 0 Å². The minimum absolute atomic E-state index is 0.0357. The average Bonchev–Trinajstić information content (AvgIpc) is 2.70. The van der Waals surface area contributed by atoms with Crippen LogP contribution in [0.15, 0.2) is 54.6 Å². The molecule has 6 heteroatoms. The van der Waals surface area contributed by atoms with Crippen LogP contribution in [0.3, 0.4) is 0 Å². The van der Waals surface area contributed by atoms with E-state index in [1.165, 1.54) is 30.3 Å². The molecule has 0 aromatic heterocycles. The largest absolute Gasteiger partial charge is 0.430 e. The Labute approximate surface area is 118 Å². The molecular weight excluding hydrogens is 283 g/mol. The van der Waals surface area contributed by atoms with Gasteiger partial charge in [0.25, 0.3) is 11.5 Å². The molecule has 0 unspecified atom stereocenters. The van der Waals surface area contributed by atoms with Gasteiger partial charge in [-0.05, 0) is 18.2 Å². The first-order valence-corrected chi connectivity index (χ1v) is 6.15. The molecule has 3 rings (SSSR count). The van der Waals surface area contributed by atoms with Gasteiger partial charge >= 0.3 is 6.18 Å². The van der Waals surface area contributed by atoms with Gasteiger partial charge in [0.05, 0.1) is 5.69 Å². The van der Waals surface area contributed by atoms with E-state index in [1.807, 2.05) is 0 Å². The van der Waals surface area contributed by atoms with E-state index in [9.17, 15) is 23.1 Å². The number of hydrogen-bond donors (Lipinski definition) is 1. The van der Waals surface area contributed by atoms with Gasteiger partial charge in [-0.3, -0.25) is 9.69 Å². The predicted octanol–water partition coefficient (Wildman–Crippen LogP) is 3.11. The number of anilines is 2. The van der Waals surface area contributed by atoms with E-state index in [0.29, 0.717) is 0 Å². The first-order valence-electron chi connectivity index (χ1n) is 6.15. The fourth-order valence-electron chi connectivity index (χ4n) is 2.47. The highest BCUT2D eigenvalue weighted by molar-refractivity contribution is 6.12. The summed E-state index contributed by atoms with van der Waals surface area (Å²) in [6.45, 7) is 0. The van der Waals surface area contributed by atoms with E-state index in [0.717, 1.165) is 11.0 Å². The molecular formula is C15H10F3NO2. The Morgan fingerprint density at radius 1 is 0.952 bits per heavy atom. The van der Waals surface area contributed by atoms with Crippen LogP contribution in [0.1, 0.15) is 5.56 Å². The van der Waals surface area contributed by atoms with Crippen molar-refractivity contribution in [1.29, 1.82) is 0 Å². The zero-order valence-corrected chi connectivity index (χ0v) is 10.6. The second-order valence-electron chi connectivity index (χ2n) is 4.70. The molecule has 3 nitrogen and oxygen atoms in total. The molecule has 0 spiro atoms. The third kappa shape index (κ3) is 1.76. The van der Waals surface area contributed by atoms with E-state index < -0.39 is 23.2 Å². The SMILES string of the molecule is O=C1N(c2ccccc2)c2ccccc2[C@@]1(O)C(F)(F)F. The van der Waals surface area contributed by atoms with Gasteiger partial charge in [0.2, 0.25) is 0 Å². The molecule has 2 aromatic rings.